The van der Waals surface area contributed by atoms with Crippen LogP contribution in [0.3, 0.4) is 0 Å². The summed E-state index contributed by atoms with van der Waals surface area (Å²) in [6.45, 7) is 7.89. The Balaban J connectivity index is 3.02. The number of rotatable bonds is 4. The van der Waals surface area contributed by atoms with Crippen LogP contribution in [0.1, 0.15) is 21.5 Å². The lowest BCUT2D eigenvalue weighted by Crippen LogP contribution is -2.24. The van der Waals surface area contributed by atoms with E-state index in [4.69, 9.17) is 4.74 Å². The van der Waals surface area contributed by atoms with E-state index in [-0.39, 0.29) is 5.91 Å². The monoisotopic (exact) mass is 219 g/mol. The molecule has 0 saturated carbocycles. The van der Waals surface area contributed by atoms with Crippen molar-refractivity contribution in [3.8, 4) is 5.75 Å². The van der Waals surface area contributed by atoms with Crippen LogP contribution in [0.15, 0.2) is 24.8 Å². The molecule has 0 spiro atoms. The van der Waals surface area contributed by atoms with Crippen molar-refractivity contribution in [2.75, 3.05) is 13.7 Å². The van der Waals surface area contributed by atoms with Gasteiger partial charge in [-0.15, -0.1) is 6.58 Å². The van der Waals surface area contributed by atoms with Crippen LogP contribution < -0.4 is 10.1 Å². The van der Waals surface area contributed by atoms with Gasteiger partial charge in [-0.1, -0.05) is 6.08 Å². The minimum atomic E-state index is -0.0804. The smallest absolute Gasteiger partial charge is 0.251 e. The Kier molecular flexibility index (Phi) is 4.11. The van der Waals surface area contributed by atoms with Crippen LogP contribution in [0.2, 0.25) is 0 Å². The molecule has 0 fully saturated rings. The van der Waals surface area contributed by atoms with Crippen molar-refractivity contribution >= 4 is 5.91 Å². The maximum atomic E-state index is 11.8. The summed E-state index contributed by atoms with van der Waals surface area (Å²) in [7, 11) is 1.62. The van der Waals surface area contributed by atoms with E-state index in [1.807, 2.05) is 19.9 Å². The molecule has 1 amide bonds. The molecular formula is C13H17NO2. The Morgan fingerprint density at radius 3 is 2.69 bits per heavy atom. The van der Waals surface area contributed by atoms with E-state index in [1.54, 1.807) is 19.3 Å². The third kappa shape index (κ3) is 2.42. The third-order valence-corrected chi connectivity index (χ3v) is 2.61. The number of benzene rings is 1. The Morgan fingerprint density at radius 2 is 2.12 bits per heavy atom. The molecule has 1 rings (SSSR count). The van der Waals surface area contributed by atoms with Crippen LogP contribution in [0.4, 0.5) is 0 Å². The van der Waals surface area contributed by atoms with Crippen LogP contribution in [0.25, 0.3) is 0 Å². The molecule has 0 saturated heterocycles. The molecule has 0 radical (unpaired) electrons. The number of methoxy groups -OCH3 is 1. The zero-order valence-electron chi connectivity index (χ0n) is 9.96. The first-order valence-electron chi connectivity index (χ1n) is 5.15. The first-order valence-corrected chi connectivity index (χ1v) is 5.15. The molecule has 0 aromatic heterocycles. The highest BCUT2D eigenvalue weighted by atomic mass is 16.5. The summed E-state index contributed by atoms with van der Waals surface area (Å²) in [4.78, 5) is 11.8. The number of amides is 1. The van der Waals surface area contributed by atoms with Crippen molar-refractivity contribution in [1.82, 2.24) is 5.32 Å². The van der Waals surface area contributed by atoms with E-state index in [0.717, 1.165) is 16.9 Å². The molecule has 0 aliphatic carbocycles. The topological polar surface area (TPSA) is 38.3 Å². The van der Waals surface area contributed by atoms with Gasteiger partial charge in [0.2, 0.25) is 0 Å². The van der Waals surface area contributed by atoms with Gasteiger partial charge in [-0.2, -0.15) is 0 Å². The molecule has 1 aromatic rings. The predicted octanol–water partition coefficient (Wildman–Crippen LogP) is 2.23. The van der Waals surface area contributed by atoms with Crippen molar-refractivity contribution in [2.45, 2.75) is 13.8 Å². The van der Waals surface area contributed by atoms with Gasteiger partial charge < -0.3 is 10.1 Å². The summed E-state index contributed by atoms with van der Waals surface area (Å²) >= 11 is 0. The summed E-state index contributed by atoms with van der Waals surface area (Å²) < 4.78 is 5.19. The Bertz CT molecular complexity index is 411. The maximum Gasteiger partial charge on any atom is 0.251 e. The molecule has 86 valence electrons. The van der Waals surface area contributed by atoms with Gasteiger partial charge in [-0.25, -0.2) is 0 Å². The van der Waals surface area contributed by atoms with Gasteiger partial charge in [0.25, 0.3) is 5.91 Å². The molecule has 0 aliphatic heterocycles. The zero-order valence-corrected chi connectivity index (χ0v) is 9.96. The maximum absolute atomic E-state index is 11.8. The zero-order chi connectivity index (χ0) is 12.1. The molecule has 3 heteroatoms. The van der Waals surface area contributed by atoms with E-state index < -0.39 is 0 Å². The average Bonchev–Trinajstić information content (AvgIpc) is 2.29. The summed E-state index contributed by atoms with van der Waals surface area (Å²) in [5, 5.41) is 2.76. The highest BCUT2D eigenvalue weighted by molar-refractivity contribution is 5.96. The van der Waals surface area contributed by atoms with Gasteiger partial charge in [0.1, 0.15) is 5.75 Å². The summed E-state index contributed by atoms with van der Waals surface area (Å²) in [6, 6.07) is 3.59. The minimum Gasteiger partial charge on any atom is -0.496 e. The first-order chi connectivity index (χ1) is 7.61. The third-order valence-electron chi connectivity index (χ3n) is 2.61. The quantitative estimate of drug-likeness (QED) is 0.789. The number of hydrogen-bond donors (Lipinski definition) is 1. The van der Waals surface area contributed by atoms with Crippen molar-refractivity contribution in [2.24, 2.45) is 0 Å². The summed E-state index contributed by atoms with van der Waals surface area (Å²) in [6.07, 6.45) is 1.66. The predicted molar refractivity (Wildman–Crippen MR) is 65.0 cm³/mol. The average molecular weight is 219 g/mol. The van der Waals surface area contributed by atoms with E-state index in [1.165, 1.54) is 0 Å². The molecular weight excluding hydrogens is 202 g/mol. The van der Waals surface area contributed by atoms with Crippen molar-refractivity contribution < 1.29 is 9.53 Å². The van der Waals surface area contributed by atoms with E-state index >= 15 is 0 Å². The highest BCUT2D eigenvalue weighted by Crippen LogP contribution is 2.23. The van der Waals surface area contributed by atoms with Gasteiger partial charge in [0.05, 0.1) is 7.11 Å². The van der Waals surface area contributed by atoms with Gasteiger partial charge in [-0.3, -0.25) is 4.79 Å². The van der Waals surface area contributed by atoms with Crippen LogP contribution in [0, 0.1) is 13.8 Å². The number of carbonyl (C=O) groups is 1. The second kappa shape index (κ2) is 5.35. The molecule has 0 aliphatic rings. The van der Waals surface area contributed by atoms with Crippen molar-refractivity contribution in [3.63, 3.8) is 0 Å². The fourth-order valence-corrected chi connectivity index (χ4v) is 1.52. The van der Waals surface area contributed by atoms with Gasteiger partial charge in [0, 0.05) is 12.1 Å². The molecule has 3 nitrogen and oxygen atoms in total. The summed E-state index contributed by atoms with van der Waals surface area (Å²) in [5.41, 5.74) is 2.62. The van der Waals surface area contributed by atoms with Crippen LogP contribution in [0.5, 0.6) is 5.75 Å². The molecule has 0 heterocycles. The van der Waals surface area contributed by atoms with Gasteiger partial charge in [-0.05, 0) is 37.1 Å². The lowest BCUT2D eigenvalue weighted by atomic mass is 10.0. The van der Waals surface area contributed by atoms with E-state index in [9.17, 15) is 4.79 Å². The fraction of sp³-hybridized carbons (Fsp3) is 0.308. The number of ether oxygens (including phenoxy) is 1. The van der Waals surface area contributed by atoms with Crippen molar-refractivity contribution in [1.29, 1.82) is 0 Å². The van der Waals surface area contributed by atoms with Crippen LogP contribution >= 0.6 is 0 Å². The molecule has 16 heavy (non-hydrogen) atoms. The summed E-state index contributed by atoms with van der Waals surface area (Å²) in [5.74, 6) is 0.723. The van der Waals surface area contributed by atoms with E-state index in [0.29, 0.717) is 12.1 Å². The van der Waals surface area contributed by atoms with Crippen LogP contribution in [-0.2, 0) is 0 Å². The Morgan fingerprint density at radius 1 is 1.44 bits per heavy atom. The number of carbonyl (C=O) groups excluding carboxylic acids is 1. The van der Waals surface area contributed by atoms with Gasteiger partial charge in [0.15, 0.2) is 0 Å². The van der Waals surface area contributed by atoms with Gasteiger partial charge >= 0.3 is 0 Å². The molecule has 1 aromatic carbocycles. The molecule has 0 bridgehead atoms. The Labute approximate surface area is 96.1 Å². The number of nitrogens with one attached hydrogen (secondary N) is 1. The normalized spacial score (nSPS) is 9.69. The molecule has 0 atom stereocenters. The lowest BCUT2D eigenvalue weighted by molar-refractivity contribution is 0.0957. The second-order valence-electron chi connectivity index (χ2n) is 3.56. The SMILES string of the molecule is C=CCNC(=O)c1ccc(OC)c(C)c1C. The van der Waals surface area contributed by atoms with Crippen molar-refractivity contribution in [3.05, 3.63) is 41.5 Å². The minimum absolute atomic E-state index is 0.0804. The molecule has 0 unspecified atom stereocenters. The van der Waals surface area contributed by atoms with E-state index in [2.05, 4.69) is 11.9 Å². The Hall–Kier alpha value is -1.77. The number of hydrogen-bond acceptors (Lipinski definition) is 2. The first kappa shape index (κ1) is 12.3. The van der Waals surface area contributed by atoms with Crippen LogP contribution in [-0.4, -0.2) is 19.6 Å². The second-order valence-corrected chi connectivity index (χ2v) is 3.56. The largest absolute Gasteiger partial charge is 0.496 e. The standard InChI is InChI=1S/C13H17NO2/c1-5-8-14-13(15)11-6-7-12(16-4)10(3)9(11)2/h5-7H,1,8H2,2-4H3,(H,14,15). The highest BCUT2D eigenvalue weighted by Gasteiger charge is 2.12. The lowest BCUT2D eigenvalue weighted by Gasteiger charge is -2.12. The fourth-order valence-electron chi connectivity index (χ4n) is 1.52. The molecule has 1 N–H and O–H groups in total.